The molecule has 1 fully saturated rings. The maximum Gasteiger partial charge on any atom is 0.257 e. The molecule has 0 radical (unpaired) electrons. The molecule has 0 unspecified atom stereocenters. The largest absolute Gasteiger partial charge is 0.484 e. The van der Waals surface area contributed by atoms with E-state index < -0.39 is 0 Å². The van der Waals surface area contributed by atoms with Crippen LogP contribution in [0.1, 0.15) is 38.2 Å². The van der Waals surface area contributed by atoms with Gasteiger partial charge in [-0.05, 0) is 37.0 Å². The number of amides is 1. The lowest BCUT2D eigenvalue weighted by Gasteiger charge is -2.09. The van der Waals surface area contributed by atoms with E-state index >= 15 is 0 Å². The summed E-state index contributed by atoms with van der Waals surface area (Å²) in [6, 6.07) is 5.14. The lowest BCUT2D eigenvalue weighted by molar-refractivity contribution is -0.123. The molecule has 21 heavy (non-hydrogen) atoms. The summed E-state index contributed by atoms with van der Waals surface area (Å²) in [5, 5.41) is 6.09. The van der Waals surface area contributed by atoms with Gasteiger partial charge in [-0.15, -0.1) is 0 Å². The molecule has 1 saturated carbocycles. The summed E-state index contributed by atoms with van der Waals surface area (Å²) >= 11 is 0. The standard InChI is InChI=1S/C16H23FN2O2/c1-2-3-6-18-16(20)11-21-15-8-12(7-13(17)9-15)10-19-14-4-5-14/h7-9,14,19H,2-6,10-11H2,1H3,(H,18,20). The van der Waals surface area contributed by atoms with E-state index in [2.05, 4.69) is 17.6 Å². The lowest BCUT2D eigenvalue weighted by atomic mass is 10.2. The van der Waals surface area contributed by atoms with E-state index in [9.17, 15) is 9.18 Å². The molecule has 0 atom stereocenters. The number of carbonyl (C=O) groups is 1. The van der Waals surface area contributed by atoms with Gasteiger partial charge in [-0.2, -0.15) is 0 Å². The fourth-order valence-corrected chi connectivity index (χ4v) is 1.96. The number of ether oxygens (including phenoxy) is 1. The van der Waals surface area contributed by atoms with Crippen LogP contribution in [0, 0.1) is 5.82 Å². The van der Waals surface area contributed by atoms with Crippen molar-refractivity contribution in [3.05, 3.63) is 29.6 Å². The highest BCUT2D eigenvalue weighted by Gasteiger charge is 2.20. The van der Waals surface area contributed by atoms with E-state index in [0.717, 1.165) is 18.4 Å². The lowest BCUT2D eigenvalue weighted by Crippen LogP contribution is -2.29. The third kappa shape index (κ3) is 6.12. The van der Waals surface area contributed by atoms with Gasteiger partial charge >= 0.3 is 0 Å². The van der Waals surface area contributed by atoms with Crippen molar-refractivity contribution >= 4 is 5.91 Å². The van der Waals surface area contributed by atoms with Gasteiger partial charge in [0.05, 0.1) is 0 Å². The van der Waals surface area contributed by atoms with Crippen LogP contribution in [-0.2, 0) is 11.3 Å². The molecule has 4 nitrogen and oxygen atoms in total. The van der Waals surface area contributed by atoms with Crippen LogP contribution >= 0.6 is 0 Å². The van der Waals surface area contributed by atoms with Crippen molar-refractivity contribution < 1.29 is 13.9 Å². The zero-order chi connectivity index (χ0) is 15.1. The van der Waals surface area contributed by atoms with Crippen LogP contribution in [0.25, 0.3) is 0 Å². The molecule has 0 saturated heterocycles. The van der Waals surface area contributed by atoms with Gasteiger partial charge in [-0.3, -0.25) is 4.79 Å². The average Bonchev–Trinajstić information content (AvgIpc) is 3.27. The van der Waals surface area contributed by atoms with Crippen LogP contribution < -0.4 is 15.4 Å². The van der Waals surface area contributed by atoms with Crippen molar-refractivity contribution in [2.75, 3.05) is 13.2 Å². The Labute approximate surface area is 125 Å². The van der Waals surface area contributed by atoms with E-state index in [-0.39, 0.29) is 18.3 Å². The van der Waals surface area contributed by atoms with Gasteiger partial charge < -0.3 is 15.4 Å². The van der Waals surface area contributed by atoms with Gasteiger partial charge in [0.2, 0.25) is 0 Å². The number of nitrogens with one attached hydrogen (secondary N) is 2. The van der Waals surface area contributed by atoms with Crippen molar-refractivity contribution in [1.82, 2.24) is 10.6 Å². The van der Waals surface area contributed by atoms with E-state index in [1.165, 1.54) is 25.0 Å². The van der Waals surface area contributed by atoms with E-state index in [1.54, 1.807) is 6.07 Å². The molecule has 0 bridgehead atoms. The molecule has 2 N–H and O–H groups in total. The van der Waals surface area contributed by atoms with Crippen LogP contribution in [0.15, 0.2) is 18.2 Å². The Kier molecular flexibility index (Phi) is 5.99. The summed E-state index contributed by atoms with van der Waals surface area (Å²) < 4.78 is 18.9. The van der Waals surface area contributed by atoms with Crippen molar-refractivity contribution in [2.24, 2.45) is 0 Å². The number of rotatable bonds is 9. The van der Waals surface area contributed by atoms with E-state index in [4.69, 9.17) is 4.74 Å². The third-order valence-corrected chi connectivity index (χ3v) is 3.33. The summed E-state index contributed by atoms with van der Waals surface area (Å²) in [5.41, 5.74) is 0.836. The number of benzene rings is 1. The number of hydrogen-bond donors (Lipinski definition) is 2. The second-order valence-electron chi connectivity index (χ2n) is 5.44. The summed E-state index contributed by atoms with van der Waals surface area (Å²) in [6.45, 7) is 3.26. The Morgan fingerprint density at radius 3 is 2.90 bits per heavy atom. The minimum atomic E-state index is -0.341. The molecule has 1 aliphatic rings. The minimum absolute atomic E-state index is 0.0807. The number of carbonyl (C=O) groups excluding carboxylic acids is 1. The van der Waals surface area contributed by atoms with Gasteiger partial charge in [0.1, 0.15) is 11.6 Å². The first kappa shape index (κ1) is 15.8. The van der Waals surface area contributed by atoms with E-state index in [0.29, 0.717) is 24.9 Å². The fourth-order valence-electron chi connectivity index (χ4n) is 1.96. The van der Waals surface area contributed by atoms with Crippen molar-refractivity contribution in [2.45, 2.75) is 45.2 Å². The Morgan fingerprint density at radius 1 is 1.38 bits per heavy atom. The Bertz CT molecular complexity index is 475. The van der Waals surface area contributed by atoms with E-state index in [1.807, 2.05) is 0 Å². The SMILES string of the molecule is CCCCNC(=O)COc1cc(F)cc(CNC2CC2)c1. The molecule has 1 aromatic carbocycles. The predicted molar refractivity (Wildman–Crippen MR) is 79.7 cm³/mol. The molecular weight excluding hydrogens is 271 g/mol. The summed E-state index contributed by atoms with van der Waals surface area (Å²) in [6.07, 6.45) is 4.36. The second kappa shape index (κ2) is 7.98. The molecule has 2 rings (SSSR count). The summed E-state index contributed by atoms with van der Waals surface area (Å²) in [4.78, 5) is 11.5. The third-order valence-electron chi connectivity index (χ3n) is 3.33. The number of hydrogen-bond acceptors (Lipinski definition) is 3. The molecule has 0 spiro atoms. The van der Waals surface area contributed by atoms with Crippen LogP contribution in [0.5, 0.6) is 5.75 Å². The van der Waals surface area contributed by atoms with Gasteiger partial charge in [0.25, 0.3) is 5.91 Å². The normalized spacial score (nSPS) is 14.0. The molecule has 0 aliphatic heterocycles. The van der Waals surface area contributed by atoms with Gasteiger partial charge in [-0.25, -0.2) is 4.39 Å². The second-order valence-corrected chi connectivity index (χ2v) is 5.44. The Balaban J connectivity index is 1.79. The summed E-state index contributed by atoms with van der Waals surface area (Å²) in [5.74, 6) is -0.120. The molecule has 1 amide bonds. The molecular formula is C16H23FN2O2. The van der Waals surface area contributed by atoms with Crippen LogP contribution in [0.2, 0.25) is 0 Å². The molecule has 5 heteroatoms. The highest BCUT2D eigenvalue weighted by Crippen LogP contribution is 2.21. The minimum Gasteiger partial charge on any atom is -0.484 e. The maximum atomic E-state index is 13.5. The van der Waals surface area contributed by atoms with Gasteiger partial charge in [0, 0.05) is 25.2 Å². The molecule has 116 valence electrons. The zero-order valence-corrected chi connectivity index (χ0v) is 12.5. The van der Waals surface area contributed by atoms with Crippen LogP contribution in [0.4, 0.5) is 4.39 Å². The maximum absolute atomic E-state index is 13.5. The van der Waals surface area contributed by atoms with Crippen LogP contribution in [0.3, 0.4) is 0 Å². The quantitative estimate of drug-likeness (QED) is 0.688. The fraction of sp³-hybridized carbons (Fsp3) is 0.562. The first-order valence-corrected chi connectivity index (χ1v) is 7.59. The zero-order valence-electron chi connectivity index (χ0n) is 12.5. The average molecular weight is 294 g/mol. The van der Waals surface area contributed by atoms with Gasteiger partial charge in [-0.1, -0.05) is 13.3 Å². The highest BCUT2D eigenvalue weighted by atomic mass is 19.1. The smallest absolute Gasteiger partial charge is 0.257 e. The van der Waals surface area contributed by atoms with Crippen molar-refractivity contribution in [3.8, 4) is 5.75 Å². The predicted octanol–water partition coefficient (Wildman–Crippen LogP) is 2.37. The first-order chi connectivity index (χ1) is 10.2. The van der Waals surface area contributed by atoms with Gasteiger partial charge in [0.15, 0.2) is 6.61 Å². The first-order valence-electron chi connectivity index (χ1n) is 7.59. The molecule has 0 aromatic heterocycles. The molecule has 1 aromatic rings. The molecule has 0 heterocycles. The molecule has 1 aliphatic carbocycles. The number of halogens is 1. The number of unbranched alkanes of at least 4 members (excludes halogenated alkanes) is 1. The Morgan fingerprint density at radius 2 is 2.19 bits per heavy atom. The summed E-state index contributed by atoms with van der Waals surface area (Å²) in [7, 11) is 0. The monoisotopic (exact) mass is 294 g/mol. The van der Waals surface area contributed by atoms with Crippen LogP contribution in [-0.4, -0.2) is 25.1 Å². The Hall–Kier alpha value is -1.62. The van der Waals surface area contributed by atoms with Crippen molar-refractivity contribution in [3.63, 3.8) is 0 Å². The highest BCUT2D eigenvalue weighted by molar-refractivity contribution is 5.77. The topological polar surface area (TPSA) is 50.4 Å². The van der Waals surface area contributed by atoms with Crippen molar-refractivity contribution in [1.29, 1.82) is 0 Å².